The van der Waals surface area contributed by atoms with Crippen LogP contribution in [0, 0.1) is 5.82 Å². The number of nitrogens with zero attached hydrogens (tertiary/aromatic N) is 1. The highest BCUT2D eigenvalue weighted by Gasteiger charge is 2.10. The van der Waals surface area contributed by atoms with Gasteiger partial charge in [0.2, 0.25) is 0 Å². The van der Waals surface area contributed by atoms with Gasteiger partial charge in [-0.25, -0.2) is 9.82 Å². The molecule has 0 saturated carbocycles. The molecule has 0 atom stereocenters. The fourth-order valence-electron chi connectivity index (χ4n) is 1.98. The van der Waals surface area contributed by atoms with Crippen LogP contribution in [-0.4, -0.2) is 24.6 Å². The van der Waals surface area contributed by atoms with Crippen LogP contribution in [-0.2, 0) is 16.2 Å². The number of nitrogens with one attached hydrogen (secondary N) is 2. The van der Waals surface area contributed by atoms with E-state index in [-0.39, 0.29) is 12.4 Å². The topological polar surface area (TPSA) is 79.8 Å². The quantitative estimate of drug-likeness (QED) is 0.454. The summed E-state index contributed by atoms with van der Waals surface area (Å²) >= 11 is 0. The van der Waals surface area contributed by atoms with Crippen LogP contribution < -0.4 is 15.5 Å². The lowest BCUT2D eigenvalue weighted by Crippen LogP contribution is -2.38. The van der Waals surface area contributed by atoms with Crippen molar-refractivity contribution in [3.63, 3.8) is 0 Å². The zero-order valence-electron chi connectivity index (χ0n) is 14.4. The van der Waals surface area contributed by atoms with Crippen LogP contribution in [0.5, 0.6) is 5.75 Å². The molecule has 2 N–H and O–H groups in total. The lowest BCUT2D eigenvalue weighted by atomic mass is 10.2. The molecule has 0 radical (unpaired) electrons. The van der Waals surface area contributed by atoms with E-state index in [9.17, 15) is 14.0 Å². The Morgan fingerprint density at radius 3 is 2.62 bits per heavy atom. The molecule has 0 aromatic heterocycles. The maximum atomic E-state index is 13.1. The lowest BCUT2D eigenvalue weighted by Gasteiger charge is -2.06. The molecule has 0 saturated heterocycles. The minimum absolute atomic E-state index is 0.258. The summed E-state index contributed by atoms with van der Waals surface area (Å²) in [6, 6.07) is 13.2. The number of hydrogen-bond donors (Lipinski definition) is 2. The average Bonchev–Trinajstić information content (AvgIpc) is 2.65. The molecule has 0 unspecified atom stereocenters. The average molecular weight is 357 g/mol. The summed E-state index contributed by atoms with van der Waals surface area (Å²) < 4.78 is 18.7. The highest BCUT2D eigenvalue weighted by molar-refractivity contribution is 6.35. The third kappa shape index (κ3) is 6.35. The van der Waals surface area contributed by atoms with E-state index in [4.69, 9.17) is 4.74 Å². The van der Waals surface area contributed by atoms with Crippen LogP contribution in [0.4, 0.5) is 4.39 Å². The van der Waals surface area contributed by atoms with E-state index >= 15 is 0 Å². The van der Waals surface area contributed by atoms with Crippen molar-refractivity contribution in [2.24, 2.45) is 5.10 Å². The van der Waals surface area contributed by atoms with Crippen molar-refractivity contribution in [3.8, 4) is 5.75 Å². The molecular formula is C19H20FN3O3. The molecule has 26 heavy (non-hydrogen) atoms. The molecule has 0 bridgehead atoms. The highest BCUT2D eigenvalue weighted by Crippen LogP contribution is 2.14. The van der Waals surface area contributed by atoms with Crippen LogP contribution >= 0.6 is 0 Å². The molecule has 0 aliphatic rings. The maximum absolute atomic E-state index is 13.1. The van der Waals surface area contributed by atoms with Gasteiger partial charge < -0.3 is 10.1 Å². The second kappa shape index (κ2) is 9.93. The fourth-order valence-corrected chi connectivity index (χ4v) is 1.98. The van der Waals surface area contributed by atoms with Gasteiger partial charge in [0.15, 0.2) is 0 Å². The number of rotatable bonds is 7. The second-order valence-electron chi connectivity index (χ2n) is 5.44. The summed E-state index contributed by atoms with van der Waals surface area (Å²) in [7, 11) is 0. The van der Waals surface area contributed by atoms with Crippen molar-refractivity contribution < 1.29 is 18.7 Å². The largest absolute Gasteiger partial charge is 0.489 e. The summed E-state index contributed by atoms with van der Waals surface area (Å²) in [5.41, 5.74) is 3.61. The molecular weight excluding hydrogens is 337 g/mol. The van der Waals surface area contributed by atoms with Gasteiger partial charge in [0.1, 0.15) is 18.2 Å². The van der Waals surface area contributed by atoms with E-state index in [1.54, 1.807) is 36.4 Å². The third-order valence-electron chi connectivity index (χ3n) is 3.30. The van der Waals surface area contributed by atoms with E-state index in [0.717, 1.165) is 17.5 Å². The Bertz CT molecular complexity index is 776. The van der Waals surface area contributed by atoms with Gasteiger partial charge >= 0.3 is 11.8 Å². The molecule has 0 spiro atoms. The molecule has 136 valence electrons. The third-order valence-corrected chi connectivity index (χ3v) is 3.30. The number of ether oxygens (including phenoxy) is 1. The molecule has 0 aliphatic carbocycles. The van der Waals surface area contributed by atoms with Gasteiger partial charge in [0, 0.05) is 6.54 Å². The number of carbonyl (C=O) groups excluding carboxylic acids is 2. The SMILES string of the molecule is CCCNC(=O)C(=O)N/N=C\c1ccc(OCc2cccc(F)c2)cc1. The van der Waals surface area contributed by atoms with Gasteiger partial charge in [-0.15, -0.1) is 0 Å². The first-order valence-electron chi connectivity index (χ1n) is 8.17. The van der Waals surface area contributed by atoms with Crippen molar-refractivity contribution in [1.29, 1.82) is 0 Å². The number of hydrogen-bond acceptors (Lipinski definition) is 4. The van der Waals surface area contributed by atoms with Crippen LogP contribution in [0.2, 0.25) is 0 Å². The highest BCUT2D eigenvalue weighted by atomic mass is 19.1. The first-order valence-corrected chi connectivity index (χ1v) is 8.17. The Balaban J connectivity index is 1.81. The zero-order chi connectivity index (χ0) is 18.8. The summed E-state index contributed by atoms with van der Waals surface area (Å²) in [6.45, 7) is 2.59. The van der Waals surface area contributed by atoms with E-state index in [2.05, 4.69) is 15.8 Å². The van der Waals surface area contributed by atoms with E-state index in [0.29, 0.717) is 12.3 Å². The minimum Gasteiger partial charge on any atom is -0.489 e. The Labute approximate surface area is 151 Å². The Morgan fingerprint density at radius 1 is 1.15 bits per heavy atom. The van der Waals surface area contributed by atoms with Crippen LogP contribution in [0.1, 0.15) is 24.5 Å². The smallest absolute Gasteiger partial charge is 0.329 e. The standard InChI is InChI=1S/C19H20FN3O3/c1-2-10-21-18(24)19(25)23-22-12-14-6-8-17(9-7-14)26-13-15-4-3-5-16(20)11-15/h3-9,11-12H,2,10,13H2,1H3,(H,21,24)(H,23,25)/b22-12-. The number of benzene rings is 2. The summed E-state index contributed by atoms with van der Waals surface area (Å²) in [5, 5.41) is 6.19. The molecule has 7 heteroatoms. The monoisotopic (exact) mass is 357 g/mol. The Hall–Kier alpha value is -3.22. The molecule has 6 nitrogen and oxygen atoms in total. The molecule has 2 amide bonds. The second-order valence-corrected chi connectivity index (χ2v) is 5.44. The summed E-state index contributed by atoms with van der Waals surface area (Å²) in [5.74, 6) is -1.22. The molecule has 2 aromatic carbocycles. The van der Waals surface area contributed by atoms with Crippen molar-refractivity contribution in [2.45, 2.75) is 20.0 Å². The number of carbonyl (C=O) groups is 2. The Morgan fingerprint density at radius 2 is 1.92 bits per heavy atom. The maximum Gasteiger partial charge on any atom is 0.329 e. The van der Waals surface area contributed by atoms with Crippen molar-refractivity contribution >= 4 is 18.0 Å². The van der Waals surface area contributed by atoms with Gasteiger partial charge in [-0.1, -0.05) is 19.1 Å². The van der Waals surface area contributed by atoms with Gasteiger partial charge in [0.25, 0.3) is 0 Å². The molecule has 0 heterocycles. The zero-order valence-corrected chi connectivity index (χ0v) is 14.4. The molecule has 2 aromatic rings. The van der Waals surface area contributed by atoms with Crippen molar-refractivity contribution in [3.05, 3.63) is 65.5 Å². The van der Waals surface area contributed by atoms with Gasteiger partial charge in [-0.05, 0) is 53.9 Å². The first-order chi connectivity index (χ1) is 12.6. The molecule has 0 fully saturated rings. The van der Waals surface area contributed by atoms with Gasteiger partial charge in [-0.3, -0.25) is 9.59 Å². The fraction of sp³-hybridized carbons (Fsp3) is 0.211. The van der Waals surface area contributed by atoms with E-state index in [1.165, 1.54) is 18.3 Å². The Kier molecular flexibility index (Phi) is 7.30. The summed E-state index contributed by atoms with van der Waals surface area (Å²) in [4.78, 5) is 22.8. The number of halogens is 1. The van der Waals surface area contributed by atoms with Crippen molar-refractivity contribution in [1.82, 2.24) is 10.7 Å². The summed E-state index contributed by atoms with van der Waals surface area (Å²) in [6.07, 6.45) is 2.16. The van der Waals surface area contributed by atoms with Crippen molar-refractivity contribution in [2.75, 3.05) is 6.54 Å². The molecule has 2 rings (SSSR count). The van der Waals surface area contributed by atoms with Gasteiger partial charge in [0.05, 0.1) is 6.21 Å². The van der Waals surface area contributed by atoms with E-state index in [1.807, 2.05) is 6.92 Å². The lowest BCUT2D eigenvalue weighted by molar-refractivity contribution is -0.139. The normalized spacial score (nSPS) is 10.5. The predicted molar refractivity (Wildman–Crippen MR) is 96.2 cm³/mol. The van der Waals surface area contributed by atoms with E-state index < -0.39 is 11.8 Å². The van der Waals surface area contributed by atoms with Crippen LogP contribution in [0.3, 0.4) is 0 Å². The number of amides is 2. The number of hydrazone groups is 1. The predicted octanol–water partition coefficient (Wildman–Crippen LogP) is 2.38. The molecule has 0 aliphatic heterocycles. The minimum atomic E-state index is -0.815. The first kappa shape index (κ1) is 19.1. The van der Waals surface area contributed by atoms with Crippen LogP contribution in [0.25, 0.3) is 0 Å². The van der Waals surface area contributed by atoms with Crippen LogP contribution in [0.15, 0.2) is 53.6 Å². The van der Waals surface area contributed by atoms with Gasteiger partial charge in [-0.2, -0.15) is 5.10 Å².